The van der Waals surface area contributed by atoms with Crippen molar-refractivity contribution in [1.82, 2.24) is 5.32 Å². The third-order valence-electron chi connectivity index (χ3n) is 4.54. The van der Waals surface area contributed by atoms with Crippen molar-refractivity contribution >= 4 is 11.9 Å². The van der Waals surface area contributed by atoms with Crippen molar-refractivity contribution in [3.8, 4) is 0 Å². The Balaban J connectivity index is 2.20. The zero-order valence-corrected chi connectivity index (χ0v) is 13.0. The number of unbranched alkanes of at least 4 members (excludes halogenated alkanes) is 3. The average Bonchev–Trinajstić information content (AvgIpc) is 2.72. The summed E-state index contributed by atoms with van der Waals surface area (Å²) in [5, 5.41) is 11.6. The molecule has 0 saturated heterocycles. The minimum Gasteiger partial charge on any atom is -0.481 e. The number of rotatable bonds is 9. The number of nitrogens with one attached hydrogen (secondary N) is 1. The molecule has 0 aromatic rings. The van der Waals surface area contributed by atoms with E-state index in [1.54, 1.807) is 0 Å². The summed E-state index contributed by atoms with van der Waals surface area (Å²) in [6, 6.07) is 0. The molecule has 0 atom stereocenters. The Morgan fingerprint density at radius 2 is 1.62 bits per heavy atom. The Morgan fingerprint density at radius 1 is 1.00 bits per heavy atom. The number of amides is 1. The van der Waals surface area contributed by atoms with Crippen molar-refractivity contribution in [1.29, 1.82) is 0 Å². The molecule has 1 rings (SSSR count). The van der Waals surface area contributed by atoms with E-state index in [0.29, 0.717) is 13.1 Å². The van der Waals surface area contributed by atoms with Gasteiger partial charge in [-0.15, -0.1) is 0 Å². The highest BCUT2D eigenvalue weighted by Crippen LogP contribution is 2.34. The quantitative estimate of drug-likeness (QED) is 0.450. The molecule has 0 spiro atoms. The van der Waals surface area contributed by atoms with Gasteiger partial charge < -0.3 is 16.2 Å². The topological polar surface area (TPSA) is 92.4 Å². The smallest absolute Gasteiger partial charge is 0.303 e. The number of hydrogen-bond donors (Lipinski definition) is 3. The van der Waals surface area contributed by atoms with Gasteiger partial charge in [0.2, 0.25) is 5.91 Å². The van der Waals surface area contributed by atoms with Gasteiger partial charge in [-0.1, -0.05) is 38.5 Å². The van der Waals surface area contributed by atoms with Crippen LogP contribution in [0.2, 0.25) is 0 Å². The third-order valence-corrected chi connectivity index (χ3v) is 4.54. The van der Waals surface area contributed by atoms with Crippen LogP contribution in [0.1, 0.15) is 70.6 Å². The molecule has 4 N–H and O–H groups in total. The van der Waals surface area contributed by atoms with Crippen LogP contribution in [0.5, 0.6) is 0 Å². The van der Waals surface area contributed by atoms with E-state index in [0.717, 1.165) is 51.4 Å². The van der Waals surface area contributed by atoms with Gasteiger partial charge in [-0.25, -0.2) is 0 Å². The Kier molecular flexibility index (Phi) is 8.35. The number of hydrogen-bond acceptors (Lipinski definition) is 3. The van der Waals surface area contributed by atoms with E-state index >= 15 is 0 Å². The van der Waals surface area contributed by atoms with Crippen LogP contribution in [0.15, 0.2) is 0 Å². The van der Waals surface area contributed by atoms with E-state index in [1.165, 1.54) is 12.8 Å². The molecule has 1 saturated carbocycles. The molecule has 0 aromatic carbocycles. The average molecular weight is 298 g/mol. The minimum atomic E-state index is -0.735. The maximum atomic E-state index is 12.4. The van der Waals surface area contributed by atoms with Gasteiger partial charge in [0.1, 0.15) is 0 Å². The summed E-state index contributed by atoms with van der Waals surface area (Å²) in [7, 11) is 0. The van der Waals surface area contributed by atoms with E-state index in [1.807, 2.05) is 0 Å². The lowest BCUT2D eigenvalue weighted by atomic mass is 9.79. The van der Waals surface area contributed by atoms with E-state index in [4.69, 9.17) is 10.8 Å². The van der Waals surface area contributed by atoms with Crippen LogP contribution in [0.4, 0.5) is 0 Å². The highest BCUT2D eigenvalue weighted by atomic mass is 16.4. The Labute approximate surface area is 127 Å². The van der Waals surface area contributed by atoms with Gasteiger partial charge in [-0.3, -0.25) is 9.59 Å². The number of aliphatic carboxylic acids is 1. The molecule has 0 radical (unpaired) electrons. The first-order chi connectivity index (χ1) is 10.1. The Morgan fingerprint density at radius 3 is 2.19 bits per heavy atom. The summed E-state index contributed by atoms with van der Waals surface area (Å²) in [5.41, 5.74) is 5.54. The molecule has 1 amide bonds. The maximum absolute atomic E-state index is 12.4. The second-order valence-corrected chi connectivity index (χ2v) is 6.21. The zero-order valence-electron chi connectivity index (χ0n) is 13.0. The Bertz CT molecular complexity index is 323. The fourth-order valence-corrected chi connectivity index (χ4v) is 3.07. The molecule has 0 bridgehead atoms. The molecule has 5 heteroatoms. The van der Waals surface area contributed by atoms with Crippen molar-refractivity contribution in [3.05, 3.63) is 0 Å². The second-order valence-electron chi connectivity index (χ2n) is 6.21. The van der Waals surface area contributed by atoms with Crippen molar-refractivity contribution in [2.75, 3.05) is 13.1 Å². The molecule has 5 nitrogen and oxygen atoms in total. The van der Waals surface area contributed by atoms with Crippen molar-refractivity contribution in [3.63, 3.8) is 0 Å². The SMILES string of the molecule is NCC1(C(=O)NCCCCCCC(=O)O)CCCCCC1. The van der Waals surface area contributed by atoms with Crippen molar-refractivity contribution in [2.45, 2.75) is 70.6 Å². The molecule has 0 heterocycles. The molecule has 1 aliphatic rings. The first-order valence-electron chi connectivity index (χ1n) is 8.31. The van der Waals surface area contributed by atoms with Crippen molar-refractivity contribution < 1.29 is 14.7 Å². The third kappa shape index (κ3) is 6.46. The molecule has 21 heavy (non-hydrogen) atoms. The highest BCUT2D eigenvalue weighted by molar-refractivity contribution is 5.82. The molecule has 1 aliphatic carbocycles. The lowest BCUT2D eigenvalue weighted by Crippen LogP contribution is -2.46. The lowest BCUT2D eigenvalue weighted by molar-refractivity contribution is -0.137. The predicted molar refractivity (Wildman–Crippen MR) is 82.9 cm³/mol. The number of nitrogens with two attached hydrogens (primary N) is 1. The number of carboxylic acid groups (broad SMARTS) is 1. The van der Waals surface area contributed by atoms with Crippen LogP contribution in [-0.2, 0) is 9.59 Å². The largest absolute Gasteiger partial charge is 0.481 e. The van der Waals surface area contributed by atoms with Gasteiger partial charge >= 0.3 is 5.97 Å². The molecular weight excluding hydrogens is 268 g/mol. The molecule has 0 aromatic heterocycles. The fraction of sp³-hybridized carbons (Fsp3) is 0.875. The van der Waals surface area contributed by atoms with Gasteiger partial charge in [-0.2, -0.15) is 0 Å². The normalized spacial score (nSPS) is 18.0. The van der Waals surface area contributed by atoms with E-state index in [-0.39, 0.29) is 17.7 Å². The van der Waals surface area contributed by atoms with Crippen LogP contribution in [-0.4, -0.2) is 30.1 Å². The monoisotopic (exact) mass is 298 g/mol. The van der Waals surface area contributed by atoms with E-state index < -0.39 is 5.97 Å². The number of carboxylic acids is 1. The summed E-state index contributed by atoms with van der Waals surface area (Å²) in [5.74, 6) is -0.612. The van der Waals surface area contributed by atoms with Crippen LogP contribution in [0.25, 0.3) is 0 Å². The predicted octanol–water partition coefficient (Wildman–Crippen LogP) is 2.44. The Hall–Kier alpha value is -1.10. The number of carbonyl (C=O) groups is 2. The van der Waals surface area contributed by atoms with Crippen LogP contribution >= 0.6 is 0 Å². The first kappa shape index (κ1) is 18.0. The van der Waals surface area contributed by atoms with Gasteiger partial charge in [0.25, 0.3) is 0 Å². The van der Waals surface area contributed by atoms with E-state index in [9.17, 15) is 9.59 Å². The number of carbonyl (C=O) groups excluding carboxylic acids is 1. The van der Waals surface area contributed by atoms with Gasteiger partial charge in [-0.05, 0) is 25.7 Å². The molecule has 0 aliphatic heterocycles. The maximum Gasteiger partial charge on any atom is 0.303 e. The van der Waals surface area contributed by atoms with E-state index in [2.05, 4.69) is 5.32 Å². The van der Waals surface area contributed by atoms with Crippen LogP contribution < -0.4 is 11.1 Å². The van der Waals surface area contributed by atoms with Gasteiger partial charge in [0, 0.05) is 19.5 Å². The van der Waals surface area contributed by atoms with Gasteiger partial charge in [0.05, 0.1) is 5.41 Å². The molecular formula is C16H30N2O3. The zero-order chi connectivity index (χ0) is 15.6. The van der Waals surface area contributed by atoms with Gasteiger partial charge in [0.15, 0.2) is 0 Å². The summed E-state index contributed by atoms with van der Waals surface area (Å²) >= 11 is 0. The molecule has 122 valence electrons. The summed E-state index contributed by atoms with van der Waals surface area (Å²) in [4.78, 5) is 22.8. The minimum absolute atomic E-state index is 0.123. The summed E-state index contributed by atoms with van der Waals surface area (Å²) in [6.07, 6.45) is 10.2. The lowest BCUT2D eigenvalue weighted by Gasteiger charge is -2.29. The second kappa shape index (κ2) is 9.77. The molecule has 1 fully saturated rings. The summed E-state index contributed by atoms with van der Waals surface area (Å²) in [6.45, 7) is 1.12. The summed E-state index contributed by atoms with van der Waals surface area (Å²) < 4.78 is 0. The standard InChI is InChI=1S/C16H30N2O3/c17-13-16(10-6-2-3-7-11-16)15(21)18-12-8-4-1-5-9-14(19)20/h1-13,17H2,(H,18,21)(H,19,20). The first-order valence-corrected chi connectivity index (χ1v) is 8.31. The molecule has 0 unspecified atom stereocenters. The van der Waals surface area contributed by atoms with Crippen molar-refractivity contribution in [2.24, 2.45) is 11.1 Å². The highest BCUT2D eigenvalue weighted by Gasteiger charge is 2.36. The van der Waals surface area contributed by atoms with Crippen LogP contribution in [0.3, 0.4) is 0 Å². The van der Waals surface area contributed by atoms with Crippen LogP contribution in [0, 0.1) is 5.41 Å². The fourth-order valence-electron chi connectivity index (χ4n) is 3.07.